The van der Waals surface area contributed by atoms with Crippen LogP contribution in [0.25, 0.3) is 5.69 Å². The fourth-order valence-electron chi connectivity index (χ4n) is 1.42. The molecule has 0 atom stereocenters. The summed E-state index contributed by atoms with van der Waals surface area (Å²) >= 11 is 0. The average Bonchev–Trinajstić information content (AvgIpc) is 2.63. The second-order valence-corrected chi connectivity index (χ2v) is 3.45. The van der Waals surface area contributed by atoms with E-state index in [1.54, 1.807) is 4.68 Å². The van der Waals surface area contributed by atoms with Crippen molar-refractivity contribution in [3.05, 3.63) is 36.0 Å². The standard InChI is InChI=1S/C11H12N4O/c1-8-2-4-9(5-3-8)15-11(12)10(6-14-15)13-7-16/h2-7H,12H2,1H3,(H,13,16). The van der Waals surface area contributed by atoms with Gasteiger partial charge in [-0.05, 0) is 19.1 Å². The first-order chi connectivity index (χ1) is 7.72. The molecule has 0 aliphatic heterocycles. The van der Waals surface area contributed by atoms with E-state index in [4.69, 9.17) is 5.73 Å². The van der Waals surface area contributed by atoms with Gasteiger partial charge in [0, 0.05) is 0 Å². The average molecular weight is 216 g/mol. The van der Waals surface area contributed by atoms with E-state index in [0.717, 1.165) is 5.69 Å². The lowest BCUT2D eigenvalue weighted by Gasteiger charge is -2.04. The molecule has 0 unspecified atom stereocenters. The van der Waals surface area contributed by atoms with Gasteiger partial charge in [-0.25, -0.2) is 4.68 Å². The Morgan fingerprint density at radius 3 is 2.69 bits per heavy atom. The number of nitrogen functional groups attached to an aromatic ring is 1. The molecule has 0 radical (unpaired) electrons. The molecule has 0 saturated carbocycles. The Morgan fingerprint density at radius 1 is 1.38 bits per heavy atom. The zero-order valence-corrected chi connectivity index (χ0v) is 8.84. The molecule has 0 bridgehead atoms. The maximum absolute atomic E-state index is 10.3. The third kappa shape index (κ3) is 1.75. The summed E-state index contributed by atoms with van der Waals surface area (Å²) in [5.74, 6) is 0.413. The summed E-state index contributed by atoms with van der Waals surface area (Å²) in [7, 11) is 0. The number of carbonyl (C=O) groups is 1. The number of nitrogens with two attached hydrogens (primary N) is 1. The molecule has 0 aliphatic carbocycles. The van der Waals surface area contributed by atoms with Crippen molar-refractivity contribution in [2.75, 3.05) is 11.1 Å². The molecule has 5 nitrogen and oxygen atoms in total. The zero-order valence-electron chi connectivity index (χ0n) is 8.84. The van der Waals surface area contributed by atoms with E-state index in [0.29, 0.717) is 17.9 Å². The minimum absolute atomic E-state index is 0.413. The summed E-state index contributed by atoms with van der Waals surface area (Å²) < 4.78 is 1.57. The van der Waals surface area contributed by atoms with Crippen LogP contribution in [0.5, 0.6) is 0 Å². The molecule has 1 aromatic carbocycles. The number of hydrogen-bond donors (Lipinski definition) is 2. The third-order valence-electron chi connectivity index (χ3n) is 2.30. The van der Waals surface area contributed by atoms with Crippen molar-refractivity contribution in [1.82, 2.24) is 9.78 Å². The van der Waals surface area contributed by atoms with Gasteiger partial charge in [-0.3, -0.25) is 4.79 Å². The van der Waals surface area contributed by atoms with Crippen LogP contribution in [0, 0.1) is 6.92 Å². The number of aromatic nitrogens is 2. The Morgan fingerprint density at radius 2 is 2.06 bits per heavy atom. The molecule has 1 heterocycles. The summed E-state index contributed by atoms with van der Waals surface area (Å²) in [5.41, 5.74) is 8.38. The number of amides is 1. The monoisotopic (exact) mass is 216 g/mol. The van der Waals surface area contributed by atoms with Crippen LogP contribution in [0.2, 0.25) is 0 Å². The highest BCUT2D eigenvalue weighted by Crippen LogP contribution is 2.20. The molecule has 1 amide bonds. The second kappa shape index (κ2) is 4.06. The van der Waals surface area contributed by atoms with E-state index in [9.17, 15) is 4.79 Å². The van der Waals surface area contributed by atoms with Gasteiger partial charge < -0.3 is 11.1 Å². The molecular formula is C11H12N4O. The van der Waals surface area contributed by atoms with Crippen molar-refractivity contribution >= 4 is 17.9 Å². The van der Waals surface area contributed by atoms with E-state index in [2.05, 4.69) is 10.4 Å². The maximum atomic E-state index is 10.3. The van der Waals surface area contributed by atoms with Crippen LogP contribution in [0.3, 0.4) is 0 Å². The number of anilines is 2. The number of rotatable bonds is 3. The van der Waals surface area contributed by atoms with E-state index in [1.807, 2.05) is 31.2 Å². The predicted molar refractivity (Wildman–Crippen MR) is 62.4 cm³/mol. The zero-order chi connectivity index (χ0) is 11.5. The molecule has 0 saturated heterocycles. The number of carbonyl (C=O) groups excluding carboxylic acids is 1. The van der Waals surface area contributed by atoms with Gasteiger partial charge >= 0.3 is 0 Å². The fraction of sp³-hybridized carbons (Fsp3) is 0.0909. The Bertz CT molecular complexity index is 501. The van der Waals surface area contributed by atoms with E-state index in [1.165, 1.54) is 11.8 Å². The molecule has 2 rings (SSSR count). The Labute approximate surface area is 92.9 Å². The van der Waals surface area contributed by atoms with Crippen molar-refractivity contribution in [2.45, 2.75) is 6.92 Å². The van der Waals surface area contributed by atoms with Crippen LogP contribution in [-0.2, 0) is 4.79 Å². The number of hydrogen-bond acceptors (Lipinski definition) is 3. The van der Waals surface area contributed by atoms with Crippen LogP contribution in [0.4, 0.5) is 11.5 Å². The molecule has 0 aliphatic rings. The number of nitrogens with zero attached hydrogens (tertiary/aromatic N) is 2. The second-order valence-electron chi connectivity index (χ2n) is 3.45. The van der Waals surface area contributed by atoms with Crippen molar-refractivity contribution in [1.29, 1.82) is 0 Å². The topological polar surface area (TPSA) is 72.9 Å². The van der Waals surface area contributed by atoms with Crippen molar-refractivity contribution in [2.24, 2.45) is 0 Å². The number of nitrogens with one attached hydrogen (secondary N) is 1. The normalized spacial score (nSPS) is 10.1. The molecule has 3 N–H and O–H groups in total. The highest BCUT2D eigenvalue weighted by Gasteiger charge is 2.07. The predicted octanol–water partition coefficient (Wildman–Crippen LogP) is 1.33. The van der Waals surface area contributed by atoms with Gasteiger partial charge in [0.15, 0.2) is 5.82 Å². The highest BCUT2D eigenvalue weighted by molar-refractivity contribution is 5.78. The number of aryl methyl sites for hydroxylation is 1. The summed E-state index contributed by atoms with van der Waals surface area (Å²) in [6.45, 7) is 2.01. The molecule has 0 spiro atoms. The summed E-state index contributed by atoms with van der Waals surface area (Å²) in [5, 5.41) is 6.59. The minimum Gasteiger partial charge on any atom is -0.382 e. The summed E-state index contributed by atoms with van der Waals surface area (Å²) in [4.78, 5) is 10.3. The fourth-order valence-corrected chi connectivity index (χ4v) is 1.42. The van der Waals surface area contributed by atoms with Crippen LogP contribution in [0.15, 0.2) is 30.5 Å². The Balaban J connectivity index is 2.40. The van der Waals surface area contributed by atoms with Crippen LogP contribution < -0.4 is 11.1 Å². The van der Waals surface area contributed by atoms with Gasteiger partial charge in [-0.1, -0.05) is 17.7 Å². The first-order valence-electron chi connectivity index (χ1n) is 4.83. The largest absolute Gasteiger partial charge is 0.382 e. The summed E-state index contributed by atoms with van der Waals surface area (Å²) in [6.07, 6.45) is 2.09. The maximum Gasteiger partial charge on any atom is 0.211 e. The lowest BCUT2D eigenvalue weighted by atomic mass is 10.2. The van der Waals surface area contributed by atoms with Gasteiger partial charge in [0.1, 0.15) is 5.69 Å². The van der Waals surface area contributed by atoms with E-state index < -0.39 is 0 Å². The Kier molecular flexibility index (Phi) is 2.59. The lowest BCUT2D eigenvalue weighted by molar-refractivity contribution is -0.105. The van der Waals surface area contributed by atoms with Gasteiger partial charge in [-0.15, -0.1) is 0 Å². The molecule has 1 aromatic heterocycles. The highest BCUT2D eigenvalue weighted by atomic mass is 16.1. The molecule has 82 valence electrons. The van der Waals surface area contributed by atoms with Crippen LogP contribution in [-0.4, -0.2) is 16.2 Å². The van der Waals surface area contributed by atoms with Gasteiger partial charge in [0.05, 0.1) is 11.9 Å². The lowest BCUT2D eigenvalue weighted by Crippen LogP contribution is -2.03. The SMILES string of the molecule is Cc1ccc(-n2ncc(NC=O)c2N)cc1. The van der Waals surface area contributed by atoms with Gasteiger partial charge in [0.25, 0.3) is 0 Å². The summed E-state index contributed by atoms with van der Waals surface area (Å²) in [6, 6.07) is 7.79. The van der Waals surface area contributed by atoms with Crippen molar-refractivity contribution < 1.29 is 4.79 Å². The van der Waals surface area contributed by atoms with Gasteiger partial charge in [0.2, 0.25) is 6.41 Å². The molecule has 16 heavy (non-hydrogen) atoms. The van der Waals surface area contributed by atoms with Gasteiger partial charge in [-0.2, -0.15) is 5.10 Å². The first-order valence-corrected chi connectivity index (χ1v) is 4.83. The first kappa shape index (κ1) is 10.2. The number of benzene rings is 1. The van der Waals surface area contributed by atoms with Crippen LogP contribution >= 0.6 is 0 Å². The van der Waals surface area contributed by atoms with Crippen molar-refractivity contribution in [3.63, 3.8) is 0 Å². The van der Waals surface area contributed by atoms with Crippen molar-refractivity contribution in [3.8, 4) is 5.69 Å². The third-order valence-corrected chi connectivity index (χ3v) is 2.30. The molecule has 2 aromatic rings. The molecule has 5 heteroatoms. The van der Waals surface area contributed by atoms with E-state index >= 15 is 0 Å². The quantitative estimate of drug-likeness (QED) is 0.760. The molecule has 0 fully saturated rings. The van der Waals surface area contributed by atoms with Crippen LogP contribution in [0.1, 0.15) is 5.56 Å². The minimum atomic E-state index is 0.413. The van der Waals surface area contributed by atoms with E-state index in [-0.39, 0.29) is 0 Å². The Hall–Kier alpha value is -2.30. The smallest absolute Gasteiger partial charge is 0.211 e. The molecular weight excluding hydrogens is 204 g/mol.